The van der Waals surface area contributed by atoms with Crippen molar-refractivity contribution in [1.82, 2.24) is 0 Å². The third kappa shape index (κ3) is 2.71. The van der Waals surface area contributed by atoms with Crippen LogP contribution in [-0.2, 0) is 0 Å². The summed E-state index contributed by atoms with van der Waals surface area (Å²) in [5, 5.41) is 17.8. The summed E-state index contributed by atoms with van der Waals surface area (Å²) in [4.78, 5) is 10.8. The summed E-state index contributed by atoms with van der Waals surface area (Å²) in [5.41, 5.74) is 0.838. The van der Waals surface area contributed by atoms with Crippen LogP contribution in [-0.4, -0.2) is 22.3 Å². The van der Waals surface area contributed by atoms with E-state index in [0.29, 0.717) is 5.56 Å². The fraction of sp³-hybridized carbons (Fsp3) is 0.182. The molecule has 1 atom stereocenters. The van der Waals surface area contributed by atoms with Gasteiger partial charge in [0, 0.05) is 0 Å². The molecule has 1 rings (SSSR count). The lowest BCUT2D eigenvalue weighted by molar-refractivity contribution is 0.0696. The maximum atomic E-state index is 10.8. The van der Waals surface area contributed by atoms with Crippen molar-refractivity contribution in [2.75, 3.05) is 0 Å². The lowest BCUT2D eigenvalue weighted by Gasteiger charge is -2.00. The Morgan fingerprint density at radius 2 is 2.07 bits per heavy atom. The Morgan fingerprint density at radius 3 is 2.64 bits per heavy atom. The summed E-state index contributed by atoms with van der Waals surface area (Å²) in [7, 11) is 0. The molecule has 74 valence electrons. The molecule has 0 fully saturated rings. The van der Waals surface area contributed by atoms with E-state index in [1.165, 1.54) is 6.07 Å². The average molecular weight is 192 g/mol. The lowest BCUT2D eigenvalue weighted by Crippen LogP contribution is -1.99. The van der Waals surface area contributed by atoms with Crippen LogP contribution in [0.15, 0.2) is 30.3 Å². The van der Waals surface area contributed by atoms with Crippen molar-refractivity contribution >= 4 is 12.0 Å². The van der Waals surface area contributed by atoms with Gasteiger partial charge in [-0.1, -0.05) is 30.4 Å². The molecular formula is C11H12O3. The first-order valence-electron chi connectivity index (χ1n) is 4.30. The third-order valence-corrected chi connectivity index (χ3v) is 1.75. The van der Waals surface area contributed by atoms with Crippen LogP contribution in [0.3, 0.4) is 0 Å². The van der Waals surface area contributed by atoms with Crippen LogP contribution in [0, 0.1) is 0 Å². The van der Waals surface area contributed by atoms with Crippen molar-refractivity contribution in [2.45, 2.75) is 13.0 Å². The van der Waals surface area contributed by atoms with E-state index in [1.807, 2.05) is 0 Å². The van der Waals surface area contributed by atoms with Gasteiger partial charge in [-0.15, -0.1) is 0 Å². The summed E-state index contributed by atoms with van der Waals surface area (Å²) in [6.45, 7) is 1.61. The van der Waals surface area contributed by atoms with Crippen LogP contribution in [0.4, 0.5) is 0 Å². The molecule has 0 amide bonds. The molecule has 0 aliphatic heterocycles. The topological polar surface area (TPSA) is 57.5 Å². The number of carboxylic acids is 1. The second-order valence-corrected chi connectivity index (χ2v) is 2.99. The summed E-state index contributed by atoms with van der Waals surface area (Å²) in [6.07, 6.45) is 2.58. The van der Waals surface area contributed by atoms with Gasteiger partial charge in [-0.05, 0) is 18.6 Å². The number of hydrogen-bond acceptors (Lipinski definition) is 2. The largest absolute Gasteiger partial charge is 0.478 e. The number of carboxylic acid groups (broad SMARTS) is 1. The first-order chi connectivity index (χ1) is 6.61. The Balaban J connectivity index is 3.02. The van der Waals surface area contributed by atoms with Crippen molar-refractivity contribution in [3.63, 3.8) is 0 Å². The molecule has 2 N–H and O–H groups in total. The van der Waals surface area contributed by atoms with Gasteiger partial charge in [-0.25, -0.2) is 4.79 Å². The molecule has 0 bridgehead atoms. The van der Waals surface area contributed by atoms with Crippen LogP contribution < -0.4 is 0 Å². The Hall–Kier alpha value is -1.61. The van der Waals surface area contributed by atoms with Crippen LogP contribution in [0.5, 0.6) is 0 Å². The zero-order chi connectivity index (χ0) is 10.6. The van der Waals surface area contributed by atoms with E-state index in [1.54, 1.807) is 37.3 Å². The summed E-state index contributed by atoms with van der Waals surface area (Å²) in [5.74, 6) is -0.962. The van der Waals surface area contributed by atoms with E-state index in [9.17, 15) is 4.79 Å². The number of hydrogen-bond donors (Lipinski definition) is 2. The third-order valence-electron chi connectivity index (χ3n) is 1.75. The molecule has 1 aromatic rings. The Kier molecular flexibility index (Phi) is 3.42. The number of aromatic carboxylic acids is 1. The number of aliphatic hydroxyl groups is 1. The van der Waals surface area contributed by atoms with Crippen LogP contribution in [0.25, 0.3) is 6.08 Å². The van der Waals surface area contributed by atoms with Crippen molar-refractivity contribution in [1.29, 1.82) is 0 Å². The second kappa shape index (κ2) is 4.58. The minimum atomic E-state index is -0.962. The zero-order valence-electron chi connectivity index (χ0n) is 7.84. The number of aliphatic hydroxyl groups excluding tert-OH is 1. The quantitative estimate of drug-likeness (QED) is 0.767. The first-order valence-corrected chi connectivity index (χ1v) is 4.30. The van der Waals surface area contributed by atoms with Gasteiger partial charge in [0.1, 0.15) is 0 Å². The molecule has 0 saturated carbocycles. The summed E-state index contributed by atoms with van der Waals surface area (Å²) in [6, 6.07) is 6.66. The van der Waals surface area contributed by atoms with Gasteiger partial charge in [-0.2, -0.15) is 0 Å². The minimum absolute atomic E-state index is 0.240. The number of benzene rings is 1. The molecular weight excluding hydrogens is 180 g/mol. The monoisotopic (exact) mass is 192 g/mol. The molecule has 1 aromatic carbocycles. The van der Waals surface area contributed by atoms with E-state index in [4.69, 9.17) is 10.2 Å². The van der Waals surface area contributed by atoms with E-state index in [0.717, 1.165) is 0 Å². The molecule has 0 aliphatic rings. The highest BCUT2D eigenvalue weighted by Crippen LogP contribution is 2.10. The lowest BCUT2D eigenvalue weighted by atomic mass is 10.1. The molecule has 0 saturated heterocycles. The van der Waals surface area contributed by atoms with Crippen molar-refractivity contribution in [3.8, 4) is 0 Å². The van der Waals surface area contributed by atoms with Crippen molar-refractivity contribution in [2.24, 2.45) is 0 Å². The van der Waals surface area contributed by atoms with Gasteiger partial charge in [0.25, 0.3) is 0 Å². The van der Waals surface area contributed by atoms with Gasteiger partial charge in [0.15, 0.2) is 0 Å². The Labute approximate surface area is 82.3 Å². The predicted molar refractivity (Wildman–Crippen MR) is 54.1 cm³/mol. The van der Waals surface area contributed by atoms with Crippen LogP contribution in [0.1, 0.15) is 22.8 Å². The molecule has 0 spiro atoms. The highest BCUT2D eigenvalue weighted by molar-refractivity contribution is 5.92. The standard InChI is InChI=1S/C11H12O3/c1-8(12)6-7-9-4-2-3-5-10(9)11(13)14/h2-8,12H,1H3,(H,13,14)/b7-6+. The first kappa shape index (κ1) is 10.5. The smallest absolute Gasteiger partial charge is 0.336 e. The highest BCUT2D eigenvalue weighted by Gasteiger charge is 2.05. The molecule has 0 aliphatic carbocycles. The minimum Gasteiger partial charge on any atom is -0.478 e. The molecule has 0 heterocycles. The van der Waals surface area contributed by atoms with Gasteiger partial charge in [-0.3, -0.25) is 0 Å². The number of carbonyl (C=O) groups is 1. The van der Waals surface area contributed by atoms with E-state index < -0.39 is 12.1 Å². The summed E-state index contributed by atoms with van der Waals surface area (Å²) >= 11 is 0. The van der Waals surface area contributed by atoms with Crippen molar-refractivity contribution in [3.05, 3.63) is 41.5 Å². The predicted octanol–water partition coefficient (Wildman–Crippen LogP) is 1.78. The maximum absolute atomic E-state index is 10.8. The normalized spacial score (nSPS) is 13.0. The fourth-order valence-corrected chi connectivity index (χ4v) is 1.08. The van der Waals surface area contributed by atoms with Gasteiger partial charge >= 0.3 is 5.97 Å². The van der Waals surface area contributed by atoms with Gasteiger partial charge < -0.3 is 10.2 Å². The van der Waals surface area contributed by atoms with Crippen LogP contribution in [0.2, 0.25) is 0 Å². The number of rotatable bonds is 3. The van der Waals surface area contributed by atoms with E-state index in [2.05, 4.69) is 0 Å². The SMILES string of the molecule is CC(O)/C=C/c1ccccc1C(=O)O. The molecule has 3 heteroatoms. The Bertz CT molecular complexity index is 353. The fourth-order valence-electron chi connectivity index (χ4n) is 1.08. The van der Waals surface area contributed by atoms with E-state index >= 15 is 0 Å². The van der Waals surface area contributed by atoms with Gasteiger partial charge in [0.2, 0.25) is 0 Å². The van der Waals surface area contributed by atoms with E-state index in [-0.39, 0.29) is 5.56 Å². The molecule has 14 heavy (non-hydrogen) atoms. The van der Waals surface area contributed by atoms with Crippen LogP contribution >= 0.6 is 0 Å². The molecule has 0 aromatic heterocycles. The molecule has 1 unspecified atom stereocenters. The molecule has 3 nitrogen and oxygen atoms in total. The zero-order valence-corrected chi connectivity index (χ0v) is 7.84. The maximum Gasteiger partial charge on any atom is 0.336 e. The molecule has 0 radical (unpaired) electrons. The highest BCUT2D eigenvalue weighted by atomic mass is 16.4. The second-order valence-electron chi connectivity index (χ2n) is 2.99. The van der Waals surface area contributed by atoms with Crippen molar-refractivity contribution < 1.29 is 15.0 Å². The van der Waals surface area contributed by atoms with Gasteiger partial charge in [0.05, 0.1) is 11.7 Å². The average Bonchev–Trinajstić information content (AvgIpc) is 2.15. The Morgan fingerprint density at radius 1 is 1.43 bits per heavy atom. The summed E-state index contributed by atoms with van der Waals surface area (Å²) < 4.78 is 0.